The number of fused-ring (bicyclic) bond motifs is 1. The molecule has 3 rings (SSSR count). The molecule has 0 saturated carbocycles. The third kappa shape index (κ3) is 4.97. The minimum Gasteiger partial charge on any atom is -0.493 e. The van der Waals surface area contributed by atoms with Gasteiger partial charge < -0.3 is 23.9 Å². The normalized spacial score (nSPS) is 11.2. The lowest BCUT2D eigenvalue weighted by molar-refractivity contribution is -0.149. The van der Waals surface area contributed by atoms with E-state index < -0.39 is 17.2 Å². The highest BCUT2D eigenvalue weighted by Crippen LogP contribution is 2.38. The second-order valence-electron chi connectivity index (χ2n) is 6.92. The zero-order valence-electron chi connectivity index (χ0n) is 18.1. The fourth-order valence-electron chi connectivity index (χ4n) is 2.93. The van der Waals surface area contributed by atoms with Gasteiger partial charge in [0.2, 0.25) is 5.75 Å². The second kappa shape index (κ2) is 9.82. The number of esters is 1. The molecule has 0 bridgehead atoms. The lowest BCUT2D eigenvalue weighted by Crippen LogP contribution is -2.32. The first-order chi connectivity index (χ1) is 15.3. The number of carbonyl (C=O) groups excluding carboxylic acids is 1. The Morgan fingerprint density at radius 2 is 1.78 bits per heavy atom. The van der Waals surface area contributed by atoms with Gasteiger partial charge in [-0.1, -0.05) is 12.1 Å². The molecule has 1 heterocycles. The molecule has 2 aromatic carbocycles. The zero-order valence-corrected chi connectivity index (χ0v) is 18.1. The van der Waals surface area contributed by atoms with E-state index in [-0.39, 0.29) is 30.0 Å². The van der Waals surface area contributed by atoms with Crippen LogP contribution in [0, 0.1) is 0 Å². The van der Waals surface area contributed by atoms with Crippen LogP contribution >= 0.6 is 0 Å². The van der Waals surface area contributed by atoms with Gasteiger partial charge in [-0.15, -0.1) is 4.68 Å². The number of rotatable bonds is 8. The zero-order chi connectivity index (χ0) is 23.3. The number of ether oxygens (including phenoxy) is 4. The van der Waals surface area contributed by atoms with Crippen molar-refractivity contribution in [1.29, 1.82) is 0 Å². The van der Waals surface area contributed by atoms with E-state index in [2.05, 4.69) is 10.1 Å². The summed E-state index contributed by atoms with van der Waals surface area (Å²) in [4.78, 5) is 39.3. The first-order valence-corrected chi connectivity index (χ1v) is 9.70. The van der Waals surface area contributed by atoms with E-state index in [1.165, 1.54) is 20.4 Å². The minimum atomic E-state index is -0.674. The molecule has 0 unspecified atom stereocenters. The smallest absolute Gasteiger partial charge is 0.349 e. The maximum absolute atomic E-state index is 12.6. The molecule has 0 fully saturated rings. The SMILES string of the molecule is COc1cc(C=Nn2c(=O)[nH]c3ccccc3c2=O)cc(OC)c1OCC(=O)OC(C)C. The summed E-state index contributed by atoms with van der Waals surface area (Å²) in [5.41, 5.74) is -0.333. The monoisotopic (exact) mass is 441 g/mol. The van der Waals surface area contributed by atoms with Crippen molar-refractivity contribution in [3.63, 3.8) is 0 Å². The van der Waals surface area contributed by atoms with E-state index in [0.29, 0.717) is 16.5 Å². The predicted molar refractivity (Wildman–Crippen MR) is 118 cm³/mol. The molecule has 32 heavy (non-hydrogen) atoms. The summed E-state index contributed by atoms with van der Waals surface area (Å²) in [6.07, 6.45) is 1.04. The van der Waals surface area contributed by atoms with Crippen LogP contribution in [-0.2, 0) is 9.53 Å². The third-order valence-electron chi connectivity index (χ3n) is 4.29. The van der Waals surface area contributed by atoms with Gasteiger partial charge in [0, 0.05) is 5.56 Å². The Balaban J connectivity index is 1.93. The Kier molecular flexibility index (Phi) is 6.93. The lowest BCUT2D eigenvalue weighted by atomic mass is 10.2. The molecule has 0 atom stereocenters. The average Bonchev–Trinajstić information content (AvgIpc) is 2.76. The molecular formula is C22H23N3O7. The number of para-hydroxylation sites is 1. The standard InChI is InChI=1S/C22H23N3O7/c1-13(2)32-19(26)12-31-20-17(29-3)9-14(10-18(20)30-4)11-23-25-21(27)15-7-5-6-8-16(15)24-22(25)28/h5-11,13H,12H2,1-4H3,(H,24,28). The molecule has 0 aliphatic carbocycles. The quantitative estimate of drug-likeness (QED) is 0.419. The Bertz CT molecular complexity index is 1250. The van der Waals surface area contributed by atoms with Crippen molar-refractivity contribution in [3.05, 3.63) is 62.8 Å². The van der Waals surface area contributed by atoms with Gasteiger partial charge in [0.1, 0.15) is 0 Å². The van der Waals surface area contributed by atoms with Crippen LogP contribution in [0.2, 0.25) is 0 Å². The van der Waals surface area contributed by atoms with Crippen molar-refractivity contribution in [1.82, 2.24) is 9.66 Å². The third-order valence-corrected chi connectivity index (χ3v) is 4.29. The number of aromatic amines is 1. The van der Waals surface area contributed by atoms with Gasteiger partial charge in [0.25, 0.3) is 5.56 Å². The van der Waals surface area contributed by atoms with Gasteiger partial charge in [-0.3, -0.25) is 4.79 Å². The number of aromatic nitrogens is 2. The van der Waals surface area contributed by atoms with Crippen molar-refractivity contribution in [2.75, 3.05) is 20.8 Å². The summed E-state index contributed by atoms with van der Waals surface area (Å²) in [5.74, 6) is 0.198. The summed E-state index contributed by atoms with van der Waals surface area (Å²) < 4.78 is 22.0. The maximum Gasteiger partial charge on any atom is 0.349 e. The molecule has 0 saturated heterocycles. The summed E-state index contributed by atoms with van der Waals surface area (Å²) >= 11 is 0. The van der Waals surface area contributed by atoms with E-state index in [1.54, 1.807) is 50.2 Å². The predicted octanol–water partition coefficient (Wildman–Crippen LogP) is 1.92. The van der Waals surface area contributed by atoms with E-state index in [4.69, 9.17) is 18.9 Å². The van der Waals surface area contributed by atoms with Crippen molar-refractivity contribution in [3.8, 4) is 17.2 Å². The summed E-state index contributed by atoms with van der Waals surface area (Å²) in [7, 11) is 2.85. The molecule has 0 aliphatic rings. The molecule has 10 heteroatoms. The van der Waals surface area contributed by atoms with Gasteiger partial charge in [-0.2, -0.15) is 5.10 Å². The van der Waals surface area contributed by atoms with Crippen molar-refractivity contribution in [2.24, 2.45) is 5.10 Å². The largest absolute Gasteiger partial charge is 0.493 e. The highest BCUT2D eigenvalue weighted by molar-refractivity contribution is 5.83. The van der Waals surface area contributed by atoms with Crippen molar-refractivity contribution >= 4 is 23.1 Å². The van der Waals surface area contributed by atoms with Crippen LogP contribution in [0.15, 0.2) is 51.1 Å². The number of H-pyrrole nitrogens is 1. The van der Waals surface area contributed by atoms with E-state index in [1.807, 2.05) is 0 Å². The number of benzene rings is 2. The number of hydrogen-bond donors (Lipinski definition) is 1. The fraction of sp³-hybridized carbons (Fsp3) is 0.273. The number of hydrogen-bond acceptors (Lipinski definition) is 8. The van der Waals surface area contributed by atoms with Crippen LogP contribution in [-0.4, -0.2) is 48.8 Å². The van der Waals surface area contributed by atoms with Crippen molar-refractivity contribution < 1.29 is 23.7 Å². The first kappa shape index (κ1) is 22.6. The van der Waals surface area contributed by atoms with Crippen LogP contribution in [0.3, 0.4) is 0 Å². The van der Waals surface area contributed by atoms with Gasteiger partial charge in [0.15, 0.2) is 18.1 Å². The topological polar surface area (TPSA) is 121 Å². The molecule has 10 nitrogen and oxygen atoms in total. The Hall–Kier alpha value is -4.08. The maximum atomic E-state index is 12.6. The molecule has 0 aliphatic heterocycles. The molecule has 0 radical (unpaired) electrons. The molecular weight excluding hydrogens is 418 g/mol. The number of methoxy groups -OCH3 is 2. The van der Waals surface area contributed by atoms with Crippen LogP contribution < -0.4 is 25.5 Å². The van der Waals surface area contributed by atoms with Gasteiger partial charge in [-0.05, 0) is 38.1 Å². The van der Waals surface area contributed by atoms with Gasteiger partial charge in [-0.25, -0.2) is 9.59 Å². The minimum absolute atomic E-state index is 0.202. The summed E-state index contributed by atoms with van der Waals surface area (Å²) in [6.45, 7) is 3.14. The Morgan fingerprint density at radius 3 is 2.41 bits per heavy atom. The number of carbonyl (C=O) groups is 1. The first-order valence-electron chi connectivity index (χ1n) is 9.70. The second-order valence-corrected chi connectivity index (χ2v) is 6.92. The van der Waals surface area contributed by atoms with Crippen molar-refractivity contribution in [2.45, 2.75) is 20.0 Å². The van der Waals surface area contributed by atoms with Gasteiger partial charge in [0.05, 0.1) is 37.4 Å². The Morgan fingerprint density at radius 1 is 1.12 bits per heavy atom. The van der Waals surface area contributed by atoms with Crippen LogP contribution in [0.1, 0.15) is 19.4 Å². The Labute approximate surface area is 183 Å². The molecule has 0 spiro atoms. The summed E-state index contributed by atoms with van der Waals surface area (Å²) in [5, 5.41) is 4.35. The van der Waals surface area contributed by atoms with Crippen LogP contribution in [0.25, 0.3) is 10.9 Å². The number of nitrogens with zero attached hydrogens (tertiary/aromatic N) is 2. The van der Waals surface area contributed by atoms with Gasteiger partial charge >= 0.3 is 11.7 Å². The lowest BCUT2D eigenvalue weighted by Gasteiger charge is -2.15. The molecule has 1 N–H and O–H groups in total. The van der Waals surface area contributed by atoms with Crippen LogP contribution in [0.5, 0.6) is 17.2 Å². The molecule has 3 aromatic rings. The number of nitrogens with one attached hydrogen (secondary N) is 1. The molecule has 1 aromatic heterocycles. The fourth-order valence-corrected chi connectivity index (χ4v) is 2.93. The molecule has 168 valence electrons. The van der Waals surface area contributed by atoms with Crippen LogP contribution in [0.4, 0.5) is 0 Å². The highest BCUT2D eigenvalue weighted by atomic mass is 16.6. The van der Waals surface area contributed by atoms with E-state index in [9.17, 15) is 14.4 Å². The van der Waals surface area contributed by atoms with E-state index in [0.717, 1.165) is 4.68 Å². The highest BCUT2D eigenvalue weighted by Gasteiger charge is 2.16. The molecule has 0 amide bonds. The average molecular weight is 441 g/mol. The van der Waals surface area contributed by atoms with E-state index >= 15 is 0 Å². The summed E-state index contributed by atoms with van der Waals surface area (Å²) in [6, 6.07) is 9.78.